The molecule has 7 nitrogen and oxygen atoms in total. The van der Waals surface area contributed by atoms with Crippen LogP contribution in [0.1, 0.15) is 26.7 Å². The van der Waals surface area contributed by atoms with E-state index in [0.29, 0.717) is 13.1 Å². The van der Waals surface area contributed by atoms with Crippen molar-refractivity contribution in [2.24, 2.45) is 0 Å². The van der Waals surface area contributed by atoms with Crippen LogP contribution in [0.15, 0.2) is 12.7 Å². The molecule has 0 aliphatic rings. The maximum atomic E-state index is 11.7. The van der Waals surface area contributed by atoms with Gasteiger partial charge < -0.3 is 20.6 Å². The molecule has 0 bridgehead atoms. The van der Waals surface area contributed by atoms with Crippen molar-refractivity contribution >= 4 is 17.9 Å². The molecule has 0 radical (unpaired) electrons. The first-order valence-electron chi connectivity index (χ1n) is 6.62. The number of rotatable bonds is 9. The van der Waals surface area contributed by atoms with Crippen LogP contribution in [-0.2, 0) is 9.59 Å². The fraction of sp³-hybridized carbons (Fsp3) is 0.615. The molecule has 1 atom stereocenters. The van der Waals surface area contributed by atoms with Gasteiger partial charge in [0.1, 0.15) is 6.04 Å². The highest BCUT2D eigenvalue weighted by atomic mass is 16.4. The number of aliphatic carboxylic acids is 1. The van der Waals surface area contributed by atoms with Crippen molar-refractivity contribution in [3.63, 3.8) is 0 Å². The van der Waals surface area contributed by atoms with E-state index in [0.717, 1.165) is 0 Å². The number of nitrogens with zero attached hydrogens (tertiary/aromatic N) is 1. The van der Waals surface area contributed by atoms with Gasteiger partial charge in [-0.3, -0.25) is 4.79 Å². The highest BCUT2D eigenvalue weighted by Gasteiger charge is 2.18. The van der Waals surface area contributed by atoms with E-state index in [4.69, 9.17) is 5.11 Å². The van der Waals surface area contributed by atoms with Crippen LogP contribution in [0.2, 0.25) is 0 Å². The molecule has 0 heterocycles. The van der Waals surface area contributed by atoms with Crippen LogP contribution in [-0.4, -0.2) is 53.6 Å². The maximum Gasteiger partial charge on any atom is 0.326 e. The second-order valence-corrected chi connectivity index (χ2v) is 4.13. The van der Waals surface area contributed by atoms with Crippen LogP contribution < -0.4 is 10.6 Å². The molecule has 114 valence electrons. The van der Waals surface area contributed by atoms with Gasteiger partial charge in [0.05, 0.1) is 0 Å². The van der Waals surface area contributed by atoms with Crippen LogP contribution in [0, 0.1) is 0 Å². The summed E-state index contributed by atoms with van der Waals surface area (Å²) in [6.07, 6.45) is 1.75. The third-order valence-corrected chi connectivity index (χ3v) is 2.75. The molecule has 0 rings (SSSR count). The first kappa shape index (κ1) is 17.9. The zero-order valence-corrected chi connectivity index (χ0v) is 12.0. The van der Waals surface area contributed by atoms with Gasteiger partial charge in [-0.1, -0.05) is 6.08 Å². The van der Waals surface area contributed by atoms with E-state index in [2.05, 4.69) is 17.2 Å². The molecule has 0 spiro atoms. The lowest BCUT2D eigenvalue weighted by molar-refractivity contribution is -0.139. The topological polar surface area (TPSA) is 98.7 Å². The first-order chi connectivity index (χ1) is 9.46. The van der Waals surface area contributed by atoms with E-state index >= 15 is 0 Å². The number of carboxylic acid groups (broad SMARTS) is 1. The Labute approximate surface area is 119 Å². The third-order valence-electron chi connectivity index (χ3n) is 2.75. The minimum Gasteiger partial charge on any atom is -0.480 e. The molecule has 0 aromatic heterocycles. The summed E-state index contributed by atoms with van der Waals surface area (Å²) < 4.78 is 0. The quantitative estimate of drug-likeness (QED) is 0.539. The number of carbonyl (C=O) groups is 3. The second-order valence-electron chi connectivity index (χ2n) is 4.13. The number of carbonyl (C=O) groups excluding carboxylic acids is 2. The molecular weight excluding hydrogens is 262 g/mol. The van der Waals surface area contributed by atoms with E-state index < -0.39 is 18.0 Å². The van der Waals surface area contributed by atoms with E-state index in [1.165, 1.54) is 6.08 Å². The summed E-state index contributed by atoms with van der Waals surface area (Å²) in [5, 5.41) is 13.6. The van der Waals surface area contributed by atoms with E-state index in [1.807, 2.05) is 13.8 Å². The van der Waals surface area contributed by atoms with Gasteiger partial charge in [0.25, 0.3) is 0 Å². The van der Waals surface area contributed by atoms with Crippen LogP contribution in [0.3, 0.4) is 0 Å². The van der Waals surface area contributed by atoms with Crippen LogP contribution in [0.25, 0.3) is 0 Å². The van der Waals surface area contributed by atoms with Gasteiger partial charge in [-0.2, -0.15) is 0 Å². The molecule has 0 aromatic rings. The fourth-order valence-corrected chi connectivity index (χ4v) is 1.61. The zero-order chi connectivity index (χ0) is 15.5. The van der Waals surface area contributed by atoms with Gasteiger partial charge in [-0.25, -0.2) is 9.59 Å². The molecular formula is C13H23N3O4. The average Bonchev–Trinajstić information content (AvgIpc) is 2.39. The van der Waals surface area contributed by atoms with Gasteiger partial charge >= 0.3 is 12.0 Å². The largest absolute Gasteiger partial charge is 0.480 e. The Morgan fingerprint density at radius 3 is 2.35 bits per heavy atom. The minimum absolute atomic E-state index is 0.0452. The number of hydrogen-bond acceptors (Lipinski definition) is 3. The predicted octanol–water partition coefficient (Wildman–Crippen LogP) is 0.573. The fourth-order valence-electron chi connectivity index (χ4n) is 1.61. The second kappa shape index (κ2) is 9.82. The van der Waals surface area contributed by atoms with Gasteiger partial charge in [-0.05, 0) is 20.3 Å². The molecule has 0 saturated carbocycles. The summed E-state index contributed by atoms with van der Waals surface area (Å²) in [5.41, 5.74) is 0. The summed E-state index contributed by atoms with van der Waals surface area (Å²) >= 11 is 0. The van der Waals surface area contributed by atoms with Crippen molar-refractivity contribution in [1.29, 1.82) is 0 Å². The summed E-state index contributed by atoms with van der Waals surface area (Å²) in [7, 11) is 0. The van der Waals surface area contributed by atoms with Gasteiger partial charge in [0.15, 0.2) is 0 Å². The van der Waals surface area contributed by atoms with Crippen molar-refractivity contribution in [1.82, 2.24) is 15.5 Å². The summed E-state index contributed by atoms with van der Waals surface area (Å²) in [4.78, 5) is 35.6. The van der Waals surface area contributed by atoms with Crippen molar-refractivity contribution < 1.29 is 19.5 Å². The number of urea groups is 1. The zero-order valence-electron chi connectivity index (χ0n) is 12.0. The first-order valence-corrected chi connectivity index (χ1v) is 6.62. The highest BCUT2D eigenvalue weighted by molar-refractivity contribution is 5.83. The predicted molar refractivity (Wildman–Crippen MR) is 75.3 cm³/mol. The van der Waals surface area contributed by atoms with Crippen LogP contribution >= 0.6 is 0 Å². The van der Waals surface area contributed by atoms with E-state index in [-0.39, 0.29) is 25.3 Å². The molecule has 0 fully saturated rings. The van der Waals surface area contributed by atoms with E-state index in [1.54, 1.807) is 4.90 Å². The minimum atomic E-state index is -1.13. The molecule has 3 N–H and O–H groups in total. The Morgan fingerprint density at radius 2 is 1.90 bits per heavy atom. The highest BCUT2D eigenvalue weighted by Crippen LogP contribution is 1.94. The Kier molecular flexibility index (Phi) is 8.82. The summed E-state index contributed by atoms with van der Waals surface area (Å²) in [5.74, 6) is -1.17. The molecule has 7 heteroatoms. The lowest BCUT2D eigenvalue weighted by Crippen LogP contribution is -2.46. The van der Waals surface area contributed by atoms with Crippen molar-refractivity contribution in [3.05, 3.63) is 12.7 Å². The standard InChI is InChI=1S/C13H23N3O4/c1-4-7-10(12(18)19)15-13(20)14-9-8-11(17)16(5-2)6-3/h4,10H,1,5-9H2,2-3H3,(H,18,19)(H2,14,15,20). The molecule has 0 aromatic carbocycles. The molecule has 0 saturated heterocycles. The number of carboxylic acids is 1. The van der Waals surface area contributed by atoms with Crippen LogP contribution in [0.5, 0.6) is 0 Å². The molecule has 1 unspecified atom stereocenters. The number of nitrogens with one attached hydrogen (secondary N) is 2. The van der Waals surface area contributed by atoms with Crippen molar-refractivity contribution in [3.8, 4) is 0 Å². The Morgan fingerprint density at radius 1 is 1.30 bits per heavy atom. The van der Waals surface area contributed by atoms with Gasteiger partial charge in [0.2, 0.25) is 5.91 Å². The maximum absolute atomic E-state index is 11.7. The van der Waals surface area contributed by atoms with E-state index in [9.17, 15) is 14.4 Å². The number of amides is 3. The Balaban J connectivity index is 4.07. The molecule has 20 heavy (non-hydrogen) atoms. The lowest BCUT2D eigenvalue weighted by atomic mass is 10.2. The van der Waals surface area contributed by atoms with Crippen LogP contribution in [0.4, 0.5) is 4.79 Å². The SMILES string of the molecule is C=CCC(NC(=O)NCCC(=O)N(CC)CC)C(=O)O. The molecule has 3 amide bonds. The average molecular weight is 285 g/mol. The van der Waals surface area contributed by atoms with Gasteiger partial charge in [-0.15, -0.1) is 6.58 Å². The third kappa shape index (κ3) is 6.77. The normalized spacial score (nSPS) is 11.3. The summed E-state index contributed by atoms with van der Waals surface area (Å²) in [6, 6.07) is -1.61. The van der Waals surface area contributed by atoms with Crippen molar-refractivity contribution in [2.45, 2.75) is 32.7 Å². The van der Waals surface area contributed by atoms with Crippen molar-refractivity contribution in [2.75, 3.05) is 19.6 Å². The molecule has 0 aliphatic carbocycles. The van der Waals surface area contributed by atoms with Gasteiger partial charge in [0, 0.05) is 26.1 Å². The number of hydrogen-bond donors (Lipinski definition) is 3. The lowest BCUT2D eigenvalue weighted by Gasteiger charge is -2.19. The summed E-state index contributed by atoms with van der Waals surface area (Å²) in [6.45, 7) is 8.62. The Bertz CT molecular complexity index is 354. The smallest absolute Gasteiger partial charge is 0.326 e. The monoisotopic (exact) mass is 285 g/mol. The molecule has 0 aliphatic heterocycles. The Hall–Kier alpha value is -2.05.